The number of nitrogens with zero attached hydrogens (tertiary/aromatic N) is 1. The van der Waals surface area contributed by atoms with Crippen molar-refractivity contribution in [3.63, 3.8) is 0 Å². The van der Waals surface area contributed by atoms with Crippen molar-refractivity contribution < 1.29 is 4.79 Å². The van der Waals surface area contributed by atoms with Crippen molar-refractivity contribution in [2.45, 2.75) is 22.8 Å². The number of alkyl halides is 3. The van der Waals surface area contributed by atoms with Crippen molar-refractivity contribution in [2.24, 2.45) is 0 Å². The molecule has 0 bridgehead atoms. The minimum absolute atomic E-state index is 0.201. The van der Waals surface area contributed by atoms with Crippen LogP contribution in [0.15, 0.2) is 17.5 Å². The molecule has 1 aromatic heterocycles. The van der Waals surface area contributed by atoms with Crippen LogP contribution in [0.3, 0.4) is 0 Å². The summed E-state index contributed by atoms with van der Waals surface area (Å²) in [6.07, 6.45) is 1.54. The molecule has 0 saturated carbocycles. The highest BCUT2D eigenvalue weighted by Crippen LogP contribution is 2.33. The number of carbonyl (C=O) groups is 1. The summed E-state index contributed by atoms with van der Waals surface area (Å²) in [4.78, 5) is 14.6. The number of hydrogen-bond donors (Lipinski definition) is 1. The zero-order chi connectivity index (χ0) is 13.2. The second-order valence-electron chi connectivity index (χ2n) is 4.14. The average molecular weight is 328 g/mol. The van der Waals surface area contributed by atoms with Crippen LogP contribution in [-0.2, 0) is 0 Å². The molecule has 0 radical (unpaired) electrons. The first-order chi connectivity index (χ1) is 8.48. The molecule has 1 amide bonds. The van der Waals surface area contributed by atoms with Gasteiger partial charge in [-0.25, -0.2) is 0 Å². The van der Waals surface area contributed by atoms with Crippen LogP contribution in [0.1, 0.15) is 22.5 Å². The highest BCUT2D eigenvalue weighted by molar-refractivity contribution is 7.12. The minimum Gasteiger partial charge on any atom is -0.332 e. The second-order valence-corrected chi connectivity index (χ2v) is 7.45. The van der Waals surface area contributed by atoms with E-state index in [1.807, 2.05) is 16.3 Å². The van der Waals surface area contributed by atoms with Crippen LogP contribution >= 0.6 is 46.1 Å². The van der Waals surface area contributed by atoms with Crippen molar-refractivity contribution >= 4 is 52.0 Å². The molecule has 1 aromatic rings. The van der Waals surface area contributed by atoms with Crippen LogP contribution in [0, 0.1) is 0 Å². The van der Waals surface area contributed by atoms with Gasteiger partial charge in [0, 0.05) is 13.1 Å². The number of nitrogens with one attached hydrogen (secondary N) is 1. The summed E-state index contributed by atoms with van der Waals surface area (Å²) in [5.41, 5.74) is 0. The van der Waals surface area contributed by atoms with E-state index < -0.39 is 9.96 Å². The fourth-order valence-corrected chi connectivity index (χ4v) is 3.19. The van der Waals surface area contributed by atoms with Gasteiger partial charge < -0.3 is 5.32 Å². The zero-order valence-corrected chi connectivity index (χ0v) is 12.6. The normalized spacial score (nSPS) is 18.8. The third-order valence-electron chi connectivity index (χ3n) is 2.83. The molecule has 7 heteroatoms. The number of thiophene rings is 1. The van der Waals surface area contributed by atoms with Gasteiger partial charge in [0.05, 0.1) is 4.88 Å². The second kappa shape index (κ2) is 5.97. The largest absolute Gasteiger partial charge is 0.332 e. The molecular weight excluding hydrogens is 315 g/mol. The highest BCUT2D eigenvalue weighted by atomic mass is 35.6. The molecule has 1 unspecified atom stereocenters. The molecule has 0 aliphatic carbocycles. The van der Waals surface area contributed by atoms with Gasteiger partial charge >= 0.3 is 0 Å². The van der Waals surface area contributed by atoms with Gasteiger partial charge in [0.15, 0.2) is 0 Å². The van der Waals surface area contributed by atoms with E-state index in [1.54, 1.807) is 6.07 Å². The lowest BCUT2D eigenvalue weighted by Gasteiger charge is -2.33. The van der Waals surface area contributed by atoms with Crippen molar-refractivity contribution in [3.8, 4) is 0 Å². The SMILES string of the molecule is O=C(NC(N1CCCC1)C(Cl)(Cl)Cl)c1cccs1. The van der Waals surface area contributed by atoms with Gasteiger partial charge in [-0.15, -0.1) is 11.3 Å². The van der Waals surface area contributed by atoms with E-state index in [9.17, 15) is 4.79 Å². The molecule has 3 nitrogen and oxygen atoms in total. The van der Waals surface area contributed by atoms with E-state index in [-0.39, 0.29) is 5.91 Å². The summed E-state index contributed by atoms with van der Waals surface area (Å²) in [5.74, 6) is -0.201. The van der Waals surface area contributed by atoms with E-state index in [2.05, 4.69) is 5.32 Å². The molecule has 0 aromatic carbocycles. The molecular formula is C11H13Cl3N2OS. The monoisotopic (exact) mass is 326 g/mol. The van der Waals surface area contributed by atoms with Gasteiger partial charge in [-0.2, -0.15) is 0 Å². The maximum absolute atomic E-state index is 12.0. The first kappa shape index (κ1) is 14.4. The van der Waals surface area contributed by atoms with E-state index in [1.165, 1.54) is 11.3 Å². The highest BCUT2D eigenvalue weighted by Gasteiger charge is 2.39. The van der Waals surface area contributed by atoms with E-state index in [4.69, 9.17) is 34.8 Å². The number of rotatable bonds is 3. The first-order valence-electron chi connectivity index (χ1n) is 5.63. The van der Waals surface area contributed by atoms with Crippen molar-refractivity contribution in [2.75, 3.05) is 13.1 Å². The first-order valence-corrected chi connectivity index (χ1v) is 7.65. The van der Waals surface area contributed by atoms with Crippen LogP contribution in [0.5, 0.6) is 0 Å². The van der Waals surface area contributed by atoms with E-state index >= 15 is 0 Å². The lowest BCUT2D eigenvalue weighted by Crippen LogP contribution is -2.54. The van der Waals surface area contributed by atoms with Crippen LogP contribution < -0.4 is 5.32 Å². The maximum Gasteiger partial charge on any atom is 0.262 e. The molecule has 2 heterocycles. The van der Waals surface area contributed by atoms with Gasteiger partial charge in [-0.1, -0.05) is 40.9 Å². The lowest BCUT2D eigenvalue weighted by molar-refractivity contribution is 0.0878. The Hall–Kier alpha value is -0.000000000000000139. The van der Waals surface area contributed by atoms with Crippen molar-refractivity contribution in [3.05, 3.63) is 22.4 Å². The van der Waals surface area contributed by atoms with Gasteiger partial charge in [-0.3, -0.25) is 9.69 Å². The van der Waals surface area contributed by atoms with Gasteiger partial charge in [0.25, 0.3) is 5.91 Å². The minimum atomic E-state index is -1.53. The van der Waals surface area contributed by atoms with Gasteiger partial charge in [-0.05, 0) is 24.3 Å². The van der Waals surface area contributed by atoms with E-state index in [0.29, 0.717) is 4.88 Å². The number of likely N-dealkylation sites (tertiary alicyclic amines) is 1. The summed E-state index contributed by atoms with van der Waals surface area (Å²) >= 11 is 19.3. The number of carbonyl (C=O) groups excluding carboxylic acids is 1. The molecule has 0 spiro atoms. The van der Waals surface area contributed by atoms with Crippen LogP contribution in [-0.4, -0.2) is 33.9 Å². The lowest BCUT2D eigenvalue weighted by atomic mass is 10.4. The van der Waals surface area contributed by atoms with Crippen LogP contribution in [0.25, 0.3) is 0 Å². The Balaban J connectivity index is 2.08. The molecule has 100 valence electrons. The predicted molar refractivity (Wildman–Crippen MR) is 76.7 cm³/mol. The zero-order valence-electron chi connectivity index (χ0n) is 9.54. The average Bonchev–Trinajstić information content (AvgIpc) is 2.96. The fraction of sp³-hybridized carbons (Fsp3) is 0.545. The molecule has 1 atom stereocenters. The number of amides is 1. The summed E-state index contributed by atoms with van der Waals surface area (Å²) in [6, 6.07) is 3.57. The summed E-state index contributed by atoms with van der Waals surface area (Å²) in [5, 5.41) is 4.65. The van der Waals surface area contributed by atoms with Crippen LogP contribution in [0.2, 0.25) is 0 Å². The van der Waals surface area contributed by atoms with Crippen molar-refractivity contribution in [1.29, 1.82) is 0 Å². The Kier molecular flexibility index (Phi) is 4.78. The van der Waals surface area contributed by atoms with Gasteiger partial charge in [0.2, 0.25) is 3.79 Å². The smallest absolute Gasteiger partial charge is 0.262 e. The standard InChI is InChI=1S/C11H13Cl3N2OS/c12-11(13,14)10(16-5-1-2-6-16)15-9(17)8-4-3-7-18-8/h3-4,7,10H,1-2,5-6H2,(H,15,17). The van der Waals surface area contributed by atoms with Crippen molar-refractivity contribution in [1.82, 2.24) is 10.2 Å². The third kappa shape index (κ3) is 3.52. The Morgan fingerprint density at radius 2 is 2.06 bits per heavy atom. The summed E-state index contributed by atoms with van der Waals surface area (Å²) in [7, 11) is 0. The quantitative estimate of drug-likeness (QED) is 0.864. The Morgan fingerprint density at radius 1 is 1.39 bits per heavy atom. The number of halogens is 3. The third-order valence-corrected chi connectivity index (χ3v) is 4.32. The summed E-state index contributed by atoms with van der Waals surface area (Å²) < 4.78 is -1.53. The molecule has 1 aliphatic rings. The topological polar surface area (TPSA) is 32.3 Å². The fourth-order valence-electron chi connectivity index (χ4n) is 1.98. The Bertz CT molecular complexity index is 399. The van der Waals surface area contributed by atoms with Gasteiger partial charge in [0.1, 0.15) is 6.17 Å². The summed E-state index contributed by atoms with van der Waals surface area (Å²) in [6.45, 7) is 1.67. The molecule has 2 rings (SSSR count). The van der Waals surface area contributed by atoms with Crippen LogP contribution in [0.4, 0.5) is 0 Å². The predicted octanol–water partition coefficient (Wildman–Crippen LogP) is 3.27. The molecule has 1 N–H and O–H groups in total. The number of hydrogen-bond acceptors (Lipinski definition) is 3. The molecule has 1 fully saturated rings. The Labute approximate surface area is 125 Å². The molecule has 18 heavy (non-hydrogen) atoms. The molecule has 1 saturated heterocycles. The van der Waals surface area contributed by atoms with E-state index in [0.717, 1.165) is 25.9 Å². The Morgan fingerprint density at radius 3 is 2.56 bits per heavy atom. The maximum atomic E-state index is 12.0. The molecule has 1 aliphatic heterocycles.